The van der Waals surface area contributed by atoms with Crippen LogP contribution < -0.4 is 5.73 Å². The van der Waals surface area contributed by atoms with Gasteiger partial charge < -0.3 is 10.6 Å². The second-order valence-corrected chi connectivity index (χ2v) is 6.79. The van der Waals surface area contributed by atoms with Crippen LogP contribution in [-0.4, -0.2) is 18.0 Å². The molecule has 0 spiro atoms. The number of hydrogen-bond acceptors (Lipinski definition) is 2. The SMILES string of the molecule is C/C(=C\C=C/C1CC1C)C1C=C(N)C=C(c2ccccc2)N1C. The van der Waals surface area contributed by atoms with Crippen LogP contribution in [0.2, 0.25) is 0 Å². The lowest BCUT2D eigenvalue weighted by molar-refractivity contribution is 0.439. The van der Waals surface area contributed by atoms with Gasteiger partial charge in [0.2, 0.25) is 0 Å². The van der Waals surface area contributed by atoms with Crippen LogP contribution in [0.25, 0.3) is 5.70 Å². The van der Waals surface area contributed by atoms with E-state index in [1.807, 2.05) is 6.07 Å². The van der Waals surface area contributed by atoms with E-state index < -0.39 is 0 Å². The number of hydrogen-bond donors (Lipinski definition) is 1. The molecule has 1 saturated carbocycles. The standard InChI is InChI=1S/C21H26N2/c1-15(8-7-11-18-12-16(18)2)20-13-19(22)14-21(23(20)3)17-9-5-4-6-10-17/h4-11,13-14,16,18,20H,12,22H2,1-3H3/b11-7-,15-8+. The maximum atomic E-state index is 6.17. The van der Waals surface area contributed by atoms with Crippen LogP contribution in [0.3, 0.4) is 0 Å². The Morgan fingerprint density at radius 3 is 2.61 bits per heavy atom. The van der Waals surface area contributed by atoms with Crippen molar-refractivity contribution in [2.24, 2.45) is 17.6 Å². The van der Waals surface area contributed by atoms with Gasteiger partial charge in [-0.15, -0.1) is 0 Å². The summed E-state index contributed by atoms with van der Waals surface area (Å²) in [6.45, 7) is 4.49. The molecule has 1 heterocycles. The number of likely N-dealkylation sites (N-methyl/N-ethyl adjacent to an activating group) is 1. The topological polar surface area (TPSA) is 29.3 Å². The van der Waals surface area contributed by atoms with E-state index in [0.717, 1.165) is 17.5 Å². The zero-order valence-electron chi connectivity index (χ0n) is 14.2. The van der Waals surface area contributed by atoms with E-state index in [4.69, 9.17) is 5.73 Å². The molecule has 2 heteroatoms. The second kappa shape index (κ2) is 6.49. The van der Waals surface area contributed by atoms with Crippen molar-refractivity contribution in [2.75, 3.05) is 7.05 Å². The average Bonchev–Trinajstić information content (AvgIpc) is 3.25. The molecule has 2 aliphatic rings. The first-order valence-corrected chi connectivity index (χ1v) is 8.38. The zero-order chi connectivity index (χ0) is 16.4. The quantitative estimate of drug-likeness (QED) is 0.838. The lowest BCUT2D eigenvalue weighted by Gasteiger charge is -2.34. The van der Waals surface area contributed by atoms with E-state index >= 15 is 0 Å². The molecule has 3 rings (SSSR count). The molecule has 1 aromatic carbocycles. The average molecular weight is 306 g/mol. The number of benzene rings is 1. The highest BCUT2D eigenvalue weighted by atomic mass is 15.1. The predicted octanol–water partition coefficient (Wildman–Crippen LogP) is 4.34. The summed E-state index contributed by atoms with van der Waals surface area (Å²) in [6.07, 6.45) is 12.3. The fourth-order valence-corrected chi connectivity index (χ4v) is 3.15. The van der Waals surface area contributed by atoms with E-state index in [9.17, 15) is 0 Å². The Hall–Kier alpha value is -2.22. The molecular formula is C21H26N2. The molecule has 0 radical (unpaired) electrons. The van der Waals surface area contributed by atoms with Crippen LogP contribution in [0.1, 0.15) is 25.8 Å². The molecule has 0 bridgehead atoms. The van der Waals surface area contributed by atoms with Crippen molar-refractivity contribution in [3.63, 3.8) is 0 Å². The van der Waals surface area contributed by atoms with Gasteiger partial charge in [-0.3, -0.25) is 0 Å². The lowest BCUT2D eigenvalue weighted by Crippen LogP contribution is -2.33. The summed E-state index contributed by atoms with van der Waals surface area (Å²) < 4.78 is 0. The van der Waals surface area contributed by atoms with Crippen LogP contribution in [0.5, 0.6) is 0 Å². The first kappa shape index (κ1) is 15.7. The van der Waals surface area contributed by atoms with Gasteiger partial charge in [-0.25, -0.2) is 0 Å². The second-order valence-electron chi connectivity index (χ2n) is 6.79. The fourth-order valence-electron chi connectivity index (χ4n) is 3.15. The summed E-state index contributed by atoms with van der Waals surface area (Å²) in [5.74, 6) is 1.64. The van der Waals surface area contributed by atoms with Gasteiger partial charge in [0, 0.05) is 18.4 Å². The Morgan fingerprint density at radius 2 is 1.96 bits per heavy atom. The zero-order valence-corrected chi connectivity index (χ0v) is 14.2. The van der Waals surface area contributed by atoms with Crippen molar-refractivity contribution in [2.45, 2.75) is 26.3 Å². The Morgan fingerprint density at radius 1 is 1.26 bits per heavy atom. The van der Waals surface area contributed by atoms with Crippen LogP contribution in [0, 0.1) is 11.8 Å². The Balaban J connectivity index is 1.79. The normalized spacial score (nSPS) is 27.9. The Kier molecular flexibility index (Phi) is 4.42. The van der Waals surface area contributed by atoms with Crippen molar-refractivity contribution in [3.05, 3.63) is 77.5 Å². The van der Waals surface area contributed by atoms with Crippen LogP contribution in [0.4, 0.5) is 0 Å². The van der Waals surface area contributed by atoms with Gasteiger partial charge in [0.25, 0.3) is 0 Å². The van der Waals surface area contributed by atoms with E-state index in [1.165, 1.54) is 23.3 Å². The molecule has 1 aromatic rings. The van der Waals surface area contributed by atoms with E-state index in [-0.39, 0.29) is 6.04 Å². The van der Waals surface area contributed by atoms with Crippen LogP contribution in [0.15, 0.2) is 72.0 Å². The van der Waals surface area contributed by atoms with Crippen molar-refractivity contribution in [1.82, 2.24) is 4.90 Å². The number of allylic oxidation sites excluding steroid dienone is 4. The van der Waals surface area contributed by atoms with Crippen molar-refractivity contribution in [3.8, 4) is 0 Å². The molecule has 0 amide bonds. The molecule has 2 nitrogen and oxygen atoms in total. The molecule has 3 atom stereocenters. The summed E-state index contributed by atoms with van der Waals surface area (Å²) in [6, 6.07) is 10.6. The van der Waals surface area contributed by atoms with Gasteiger partial charge in [0.05, 0.1) is 6.04 Å². The highest BCUT2D eigenvalue weighted by molar-refractivity contribution is 5.69. The van der Waals surface area contributed by atoms with E-state index in [0.29, 0.717) is 0 Å². The van der Waals surface area contributed by atoms with Crippen molar-refractivity contribution < 1.29 is 0 Å². The maximum absolute atomic E-state index is 6.17. The largest absolute Gasteiger partial charge is 0.399 e. The minimum atomic E-state index is 0.205. The summed E-state index contributed by atoms with van der Waals surface area (Å²) in [4.78, 5) is 2.30. The third-order valence-electron chi connectivity index (χ3n) is 4.88. The molecule has 1 fully saturated rings. The lowest BCUT2D eigenvalue weighted by atomic mass is 9.98. The third kappa shape index (κ3) is 3.58. The van der Waals surface area contributed by atoms with Gasteiger partial charge in [0.1, 0.15) is 0 Å². The summed E-state index contributed by atoms with van der Waals surface area (Å²) >= 11 is 0. The molecule has 3 unspecified atom stereocenters. The third-order valence-corrected chi connectivity index (χ3v) is 4.88. The van der Waals surface area contributed by atoms with Gasteiger partial charge in [-0.2, -0.15) is 0 Å². The highest BCUT2D eigenvalue weighted by Gasteiger charge is 2.29. The Labute approximate surface area is 139 Å². The maximum Gasteiger partial charge on any atom is 0.0706 e. The minimum absolute atomic E-state index is 0.205. The summed E-state index contributed by atoms with van der Waals surface area (Å²) in [5, 5.41) is 0. The summed E-state index contributed by atoms with van der Waals surface area (Å²) in [7, 11) is 2.14. The molecule has 120 valence electrons. The molecule has 23 heavy (non-hydrogen) atoms. The summed E-state index contributed by atoms with van der Waals surface area (Å²) in [5.41, 5.74) is 10.7. The number of nitrogens with zero attached hydrogens (tertiary/aromatic N) is 1. The van der Waals surface area contributed by atoms with E-state index in [1.54, 1.807) is 0 Å². The highest BCUT2D eigenvalue weighted by Crippen LogP contribution is 2.38. The van der Waals surface area contributed by atoms with E-state index in [2.05, 4.69) is 80.4 Å². The van der Waals surface area contributed by atoms with Crippen molar-refractivity contribution in [1.29, 1.82) is 0 Å². The van der Waals surface area contributed by atoms with Crippen LogP contribution >= 0.6 is 0 Å². The monoisotopic (exact) mass is 306 g/mol. The number of rotatable bonds is 4. The fraction of sp³-hybridized carbons (Fsp3) is 0.333. The minimum Gasteiger partial charge on any atom is -0.399 e. The Bertz CT molecular complexity index is 679. The van der Waals surface area contributed by atoms with Gasteiger partial charge in [0.15, 0.2) is 0 Å². The first-order chi connectivity index (χ1) is 11.1. The first-order valence-electron chi connectivity index (χ1n) is 8.38. The predicted molar refractivity (Wildman–Crippen MR) is 98.4 cm³/mol. The molecule has 0 aromatic heterocycles. The molecular weight excluding hydrogens is 280 g/mol. The van der Waals surface area contributed by atoms with Crippen molar-refractivity contribution >= 4 is 5.70 Å². The molecule has 2 N–H and O–H groups in total. The van der Waals surface area contributed by atoms with Crippen LogP contribution in [-0.2, 0) is 0 Å². The van der Waals surface area contributed by atoms with Gasteiger partial charge >= 0.3 is 0 Å². The van der Waals surface area contributed by atoms with Gasteiger partial charge in [-0.05, 0) is 48.5 Å². The smallest absolute Gasteiger partial charge is 0.0706 e. The molecule has 1 aliphatic heterocycles. The van der Waals surface area contributed by atoms with Gasteiger partial charge in [-0.1, -0.05) is 55.5 Å². The molecule has 0 saturated heterocycles. The molecule has 1 aliphatic carbocycles. The number of nitrogens with two attached hydrogens (primary N) is 1.